The van der Waals surface area contributed by atoms with Crippen LogP contribution in [0, 0.1) is 6.92 Å². The van der Waals surface area contributed by atoms with Crippen LogP contribution >= 0.6 is 0 Å². The molecule has 0 aliphatic heterocycles. The summed E-state index contributed by atoms with van der Waals surface area (Å²) in [5, 5.41) is 0. The first-order valence-electron chi connectivity index (χ1n) is 5.45. The van der Waals surface area contributed by atoms with Crippen molar-refractivity contribution < 1.29 is 0 Å². The first-order valence-corrected chi connectivity index (χ1v) is 5.45. The maximum absolute atomic E-state index is 3.68. The van der Waals surface area contributed by atoms with Gasteiger partial charge in [0.1, 0.15) is 0 Å². The second-order valence-corrected chi connectivity index (χ2v) is 3.69. The summed E-state index contributed by atoms with van der Waals surface area (Å²) in [7, 11) is 2.06. The molecule has 0 radical (unpaired) electrons. The van der Waals surface area contributed by atoms with Crippen molar-refractivity contribution in [1.82, 2.24) is 4.57 Å². The lowest BCUT2D eigenvalue weighted by Crippen LogP contribution is -1.88. The van der Waals surface area contributed by atoms with E-state index in [1.807, 2.05) is 25.2 Å². The predicted molar refractivity (Wildman–Crippen MR) is 73.2 cm³/mol. The predicted octanol–water partition coefficient (Wildman–Crippen LogP) is 4.12. The highest BCUT2D eigenvalue weighted by Crippen LogP contribution is 2.18. The molecule has 1 aromatic heterocycles. The third kappa shape index (κ3) is 2.86. The average Bonchev–Trinajstić information content (AvgIpc) is 2.53. The molecule has 0 aliphatic rings. The molecule has 1 aromatic rings. The summed E-state index contributed by atoms with van der Waals surface area (Å²) in [4.78, 5) is 0. The molecule has 84 valence electrons. The molecule has 0 unspecified atom stereocenters. The fourth-order valence-corrected chi connectivity index (χ4v) is 1.63. The van der Waals surface area contributed by atoms with Crippen molar-refractivity contribution >= 4 is 12.2 Å². The molecular weight excluding hydrogens is 194 g/mol. The van der Waals surface area contributed by atoms with Crippen molar-refractivity contribution in [1.29, 1.82) is 0 Å². The average molecular weight is 213 g/mol. The first kappa shape index (κ1) is 12.3. The molecule has 0 bridgehead atoms. The van der Waals surface area contributed by atoms with Crippen LogP contribution in [-0.4, -0.2) is 4.57 Å². The van der Waals surface area contributed by atoms with Crippen LogP contribution in [-0.2, 0) is 7.05 Å². The quantitative estimate of drug-likeness (QED) is 0.663. The van der Waals surface area contributed by atoms with E-state index in [4.69, 9.17) is 0 Å². The van der Waals surface area contributed by atoms with Gasteiger partial charge in [0, 0.05) is 18.9 Å². The Balaban J connectivity index is 3.05. The second kappa shape index (κ2) is 5.96. The zero-order valence-electron chi connectivity index (χ0n) is 10.3. The van der Waals surface area contributed by atoms with Gasteiger partial charge < -0.3 is 4.57 Å². The van der Waals surface area contributed by atoms with E-state index in [0.29, 0.717) is 0 Å². The molecule has 0 aliphatic carbocycles. The lowest BCUT2D eigenvalue weighted by molar-refractivity contribution is 0.910. The minimum absolute atomic E-state index is 1.22. The highest BCUT2D eigenvalue weighted by atomic mass is 14.9. The summed E-state index contributed by atoms with van der Waals surface area (Å²) < 4.78 is 2.13. The van der Waals surface area contributed by atoms with Gasteiger partial charge in [-0.1, -0.05) is 43.0 Å². The van der Waals surface area contributed by atoms with Crippen LogP contribution in [0.4, 0.5) is 0 Å². The van der Waals surface area contributed by atoms with Gasteiger partial charge in [0.15, 0.2) is 0 Å². The van der Waals surface area contributed by atoms with Gasteiger partial charge in [-0.2, -0.15) is 0 Å². The Bertz CT molecular complexity index is 442. The number of hydrogen-bond acceptors (Lipinski definition) is 0. The van der Waals surface area contributed by atoms with E-state index >= 15 is 0 Å². The van der Waals surface area contributed by atoms with Crippen LogP contribution in [0.5, 0.6) is 0 Å². The Morgan fingerprint density at radius 3 is 2.56 bits per heavy atom. The smallest absolute Gasteiger partial charge is 0.0439 e. The second-order valence-electron chi connectivity index (χ2n) is 3.69. The molecule has 0 saturated carbocycles. The molecule has 0 spiro atoms. The number of aryl methyl sites for hydroxylation is 1. The minimum atomic E-state index is 1.22. The summed E-state index contributed by atoms with van der Waals surface area (Å²) in [6, 6.07) is 0. The maximum atomic E-state index is 3.68. The Labute approximate surface area is 98.1 Å². The Morgan fingerprint density at radius 1 is 1.19 bits per heavy atom. The lowest BCUT2D eigenvalue weighted by atomic mass is 10.1. The SMILES string of the molecule is C=C/C=C\c1c(C)c(/C=C\C=C/C)cn1C. The van der Waals surface area contributed by atoms with E-state index in [1.54, 1.807) is 6.08 Å². The van der Waals surface area contributed by atoms with Gasteiger partial charge in [-0.25, -0.2) is 0 Å². The molecule has 0 amide bonds. The van der Waals surface area contributed by atoms with Gasteiger partial charge in [-0.3, -0.25) is 0 Å². The topological polar surface area (TPSA) is 4.93 Å². The van der Waals surface area contributed by atoms with E-state index in [-0.39, 0.29) is 0 Å². The molecular formula is C15H19N. The molecule has 0 saturated heterocycles. The zero-order chi connectivity index (χ0) is 12.0. The monoisotopic (exact) mass is 213 g/mol. The van der Waals surface area contributed by atoms with Crippen molar-refractivity contribution in [3.63, 3.8) is 0 Å². The summed E-state index contributed by atoms with van der Waals surface area (Å²) >= 11 is 0. The third-order valence-electron chi connectivity index (χ3n) is 2.50. The molecule has 0 atom stereocenters. The molecule has 16 heavy (non-hydrogen) atoms. The van der Waals surface area contributed by atoms with Crippen molar-refractivity contribution in [3.05, 3.63) is 60.0 Å². The fourth-order valence-electron chi connectivity index (χ4n) is 1.63. The van der Waals surface area contributed by atoms with Crippen molar-refractivity contribution in [2.45, 2.75) is 13.8 Å². The number of allylic oxidation sites excluding steroid dienone is 5. The van der Waals surface area contributed by atoms with E-state index in [2.05, 4.69) is 49.5 Å². The number of rotatable bonds is 4. The van der Waals surface area contributed by atoms with E-state index in [1.165, 1.54) is 16.8 Å². The maximum Gasteiger partial charge on any atom is 0.0439 e. The van der Waals surface area contributed by atoms with Crippen LogP contribution in [0.3, 0.4) is 0 Å². The molecule has 0 aromatic carbocycles. The van der Waals surface area contributed by atoms with Crippen LogP contribution in [0.15, 0.2) is 43.2 Å². The largest absolute Gasteiger partial charge is 0.350 e. The van der Waals surface area contributed by atoms with Crippen molar-refractivity contribution in [3.8, 4) is 0 Å². The standard InChI is InChI=1S/C15H19N/c1-5-7-9-10-14-12-16(4)15(13(14)3)11-8-6-2/h5-12H,2H2,1,3-4H3/b7-5-,10-9-,11-8-. The minimum Gasteiger partial charge on any atom is -0.350 e. The summed E-state index contributed by atoms with van der Waals surface area (Å²) in [6.45, 7) is 7.83. The number of aromatic nitrogens is 1. The van der Waals surface area contributed by atoms with Crippen molar-refractivity contribution in [2.75, 3.05) is 0 Å². The summed E-state index contributed by atoms with van der Waals surface area (Å²) in [5.74, 6) is 0. The molecule has 1 nitrogen and oxygen atoms in total. The summed E-state index contributed by atoms with van der Waals surface area (Å²) in [5.41, 5.74) is 3.77. The van der Waals surface area contributed by atoms with Crippen LogP contribution < -0.4 is 0 Å². The van der Waals surface area contributed by atoms with Crippen LogP contribution in [0.2, 0.25) is 0 Å². The van der Waals surface area contributed by atoms with Crippen LogP contribution in [0.1, 0.15) is 23.7 Å². The zero-order valence-corrected chi connectivity index (χ0v) is 10.3. The van der Waals surface area contributed by atoms with Gasteiger partial charge in [0.2, 0.25) is 0 Å². The normalized spacial score (nSPS) is 12.2. The Hall–Kier alpha value is -1.76. The molecule has 1 rings (SSSR count). The van der Waals surface area contributed by atoms with Crippen LogP contribution in [0.25, 0.3) is 12.2 Å². The van der Waals surface area contributed by atoms with E-state index in [9.17, 15) is 0 Å². The van der Waals surface area contributed by atoms with E-state index < -0.39 is 0 Å². The molecule has 1 heterocycles. The van der Waals surface area contributed by atoms with Gasteiger partial charge in [-0.15, -0.1) is 0 Å². The van der Waals surface area contributed by atoms with Gasteiger partial charge in [0.05, 0.1) is 0 Å². The Morgan fingerprint density at radius 2 is 1.94 bits per heavy atom. The number of nitrogens with zero attached hydrogens (tertiary/aromatic N) is 1. The third-order valence-corrected chi connectivity index (χ3v) is 2.50. The highest BCUT2D eigenvalue weighted by Gasteiger charge is 2.04. The highest BCUT2D eigenvalue weighted by molar-refractivity contribution is 5.63. The van der Waals surface area contributed by atoms with Gasteiger partial charge >= 0.3 is 0 Å². The van der Waals surface area contributed by atoms with Gasteiger partial charge in [0.25, 0.3) is 0 Å². The van der Waals surface area contributed by atoms with Crippen molar-refractivity contribution in [2.24, 2.45) is 7.05 Å². The molecule has 0 N–H and O–H groups in total. The molecule has 0 fully saturated rings. The Kier molecular flexibility index (Phi) is 4.59. The number of hydrogen-bond donors (Lipinski definition) is 0. The summed E-state index contributed by atoms with van der Waals surface area (Å²) in [6.07, 6.45) is 16.2. The van der Waals surface area contributed by atoms with E-state index in [0.717, 1.165) is 0 Å². The lowest BCUT2D eigenvalue weighted by Gasteiger charge is -1.97. The first-order chi connectivity index (χ1) is 7.70. The fraction of sp³-hybridized carbons (Fsp3) is 0.200. The molecule has 1 heteroatoms. The van der Waals surface area contributed by atoms with Gasteiger partial charge in [-0.05, 0) is 31.1 Å².